The van der Waals surface area contributed by atoms with Gasteiger partial charge in [-0.2, -0.15) is 0 Å². The van der Waals surface area contributed by atoms with Crippen LogP contribution in [0.1, 0.15) is 31.9 Å². The highest BCUT2D eigenvalue weighted by Crippen LogP contribution is 2.25. The molecule has 2 heterocycles. The smallest absolute Gasteiger partial charge is 0.223 e. The Morgan fingerprint density at radius 1 is 1.56 bits per heavy atom. The lowest BCUT2D eigenvalue weighted by Gasteiger charge is -2.17. The molecule has 1 unspecified atom stereocenters. The van der Waals surface area contributed by atoms with Crippen LogP contribution in [-0.2, 0) is 11.3 Å². The second kappa shape index (κ2) is 5.57. The van der Waals surface area contributed by atoms with Crippen LogP contribution in [0.2, 0.25) is 5.02 Å². The third-order valence-electron chi connectivity index (χ3n) is 3.27. The lowest BCUT2D eigenvalue weighted by atomic mass is 10.0. The van der Waals surface area contributed by atoms with E-state index in [0.29, 0.717) is 35.4 Å². The fourth-order valence-electron chi connectivity index (χ4n) is 2.40. The molecule has 1 fully saturated rings. The first kappa shape index (κ1) is 13.1. The van der Waals surface area contributed by atoms with E-state index in [2.05, 4.69) is 11.9 Å². The minimum Gasteiger partial charge on any atom is -0.384 e. The number of amides is 1. The van der Waals surface area contributed by atoms with Gasteiger partial charge in [0.05, 0.1) is 17.3 Å². The first-order valence-corrected chi connectivity index (χ1v) is 6.66. The van der Waals surface area contributed by atoms with Gasteiger partial charge in [0.15, 0.2) is 0 Å². The number of likely N-dealkylation sites (tertiary alicyclic amines) is 1. The van der Waals surface area contributed by atoms with Gasteiger partial charge in [0.1, 0.15) is 5.82 Å². The maximum absolute atomic E-state index is 11.9. The predicted molar refractivity (Wildman–Crippen MR) is 72.1 cm³/mol. The van der Waals surface area contributed by atoms with E-state index in [1.807, 2.05) is 4.90 Å². The Morgan fingerprint density at radius 3 is 3.06 bits per heavy atom. The predicted octanol–water partition coefficient (Wildman–Crippen LogP) is 2.47. The molecule has 0 spiro atoms. The third kappa shape index (κ3) is 2.93. The first-order chi connectivity index (χ1) is 8.60. The minimum atomic E-state index is 0.189. The molecule has 5 heteroatoms. The van der Waals surface area contributed by atoms with Gasteiger partial charge in [0, 0.05) is 13.0 Å². The molecular formula is C13H18ClN3O. The number of aromatic nitrogens is 1. The zero-order chi connectivity index (χ0) is 13.1. The topological polar surface area (TPSA) is 59.2 Å². The number of nitrogens with zero attached hydrogens (tertiary/aromatic N) is 2. The molecule has 1 aliphatic rings. The maximum atomic E-state index is 11.9. The number of carbonyl (C=O) groups excluding carboxylic acids is 1. The minimum absolute atomic E-state index is 0.189. The average molecular weight is 268 g/mol. The van der Waals surface area contributed by atoms with Crippen molar-refractivity contribution in [1.82, 2.24) is 9.88 Å². The van der Waals surface area contributed by atoms with E-state index >= 15 is 0 Å². The van der Waals surface area contributed by atoms with Gasteiger partial charge in [0.2, 0.25) is 5.91 Å². The van der Waals surface area contributed by atoms with Crippen molar-refractivity contribution in [2.24, 2.45) is 5.92 Å². The summed E-state index contributed by atoms with van der Waals surface area (Å²) in [5.74, 6) is 1.10. The Morgan fingerprint density at radius 2 is 2.33 bits per heavy atom. The zero-order valence-corrected chi connectivity index (χ0v) is 11.3. The number of pyridine rings is 1. The summed E-state index contributed by atoms with van der Waals surface area (Å²) in [6, 6.07) is 3.39. The van der Waals surface area contributed by atoms with E-state index in [4.69, 9.17) is 17.3 Å². The van der Waals surface area contributed by atoms with Crippen molar-refractivity contribution in [1.29, 1.82) is 0 Å². The van der Waals surface area contributed by atoms with Crippen molar-refractivity contribution in [2.45, 2.75) is 32.7 Å². The van der Waals surface area contributed by atoms with Crippen LogP contribution in [0.25, 0.3) is 0 Å². The van der Waals surface area contributed by atoms with Crippen molar-refractivity contribution < 1.29 is 4.79 Å². The van der Waals surface area contributed by atoms with Gasteiger partial charge in [-0.1, -0.05) is 24.9 Å². The molecule has 1 atom stereocenters. The van der Waals surface area contributed by atoms with Crippen molar-refractivity contribution in [3.05, 3.63) is 22.8 Å². The monoisotopic (exact) mass is 267 g/mol. The number of halogens is 1. The van der Waals surface area contributed by atoms with Gasteiger partial charge in [-0.15, -0.1) is 0 Å². The van der Waals surface area contributed by atoms with Gasteiger partial charge in [0.25, 0.3) is 0 Å². The lowest BCUT2D eigenvalue weighted by molar-refractivity contribution is -0.128. The largest absolute Gasteiger partial charge is 0.384 e. The van der Waals surface area contributed by atoms with E-state index in [1.54, 1.807) is 12.1 Å². The zero-order valence-electron chi connectivity index (χ0n) is 10.5. The van der Waals surface area contributed by atoms with E-state index in [0.717, 1.165) is 19.4 Å². The van der Waals surface area contributed by atoms with Crippen molar-refractivity contribution in [3.63, 3.8) is 0 Å². The number of hydrogen-bond donors (Lipinski definition) is 1. The van der Waals surface area contributed by atoms with Gasteiger partial charge >= 0.3 is 0 Å². The normalized spacial score (nSPS) is 19.6. The molecule has 98 valence electrons. The van der Waals surface area contributed by atoms with Crippen LogP contribution in [0.4, 0.5) is 5.82 Å². The Labute approximate surface area is 112 Å². The van der Waals surface area contributed by atoms with Crippen molar-refractivity contribution in [2.75, 3.05) is 12.3 Å². The molecule has 2 N–H and O–H groups in total. The summed E-state index contributed by atoms with van der Waals surface area (Å²) in [5, 5.41) is 0.566. The van der Waals surface area contributed by atoms with Crippen molar-refractivity contribution in [3.8, 4) is 0 Å². The number of nitrogens with two attached hydrogens (primary N) is 1. The maximum Gasteiger partial charge on any atom is 0.223 e. The average Bonchev–Trinajstić information content (AvgIpc) is 2.65. The molecule has 0 bridgehead atoms. The van der Waals surface area contributed by atoms with E-state index in [1.165, 1.54) is 0 Å². The fourth-order valence-corrected chi connectivity index (χ4v) is 2.57. The summed E-state index contributed by atoms with van der Waals surface area (Å²) in [6.45, 7) is 3.41. The highest BCUT2D eigenvalue weighted by Gasteiger charge is 2.29. The molecule has 1 aromatic heterocycles. The van der Waals surface area contributed by atoms with Crippen LogP contribution in [-0.4, -0.2) is 22.3 Å². The molecule has 0 aromatic carbocycles. The molecule has 1 amide bonds. The van der Waals surface area contributed by atoms with E-state index in [-0.39, 0.29) is 5.91 Å². The number of rotatable bonds is 4. The van der Waals surface area contributed by atoms with Gasteiger partial charge in [-0.3, -0.25) is 4.79 Å². The highest BCUT2D eigenvalue weighted by atomic mass is 35.5. The second-order valence-electron chi connectivity index (χ2n) is 4.80. The fraction of sp³-hybridized carbons (Fsp3) is 0.538. The quantitative estimate of drug-likeness (QED) is 0.912. The van der Waals surface area contributed by atoms with E-state index in [9.17, 15) is 4.79 Å². The Balaban J connectivity index is 2.05. The third-order valence-corrected chi connectivity index (χ3v) is 3.62. The molecule has 1 saturated heterocycles. The Bertz CT molecular complexity index is 450. The van der Waals surface area contributed by atoms with Crippen LogP contribution in [0.3, 0.4) is 0 Å². The molecule has 2 rings (SSSR count). The van der Waals surface area contributed by atoms with Gasteiger partial charge in [-0.25, -0.2) is 4.98 Å². The summed E-state index contributed by atoms with van der Waals surface area (Å²) in [5.41, 5.74) is 6.32. The molecule has 18 heavy (non-hydrogen) atoms. The highest BCUT2D eigenvalue weighted by molar-refractivity contribution is 6.31. The van der Waals surface area contributed by atoms with Gasteiger partial charge in [-0.05, 0) is 24.5 Å². The molecular weight excluding hydrogens is 250 g/mol. The SMILES string of the molecule is CCCC1CC(=O)N(Cc2nc(N)ccc2Cl)C1. The Hall–Kier alpha value is -1.29. The molecule has 1 aromatic rings. The Kier molecular flexibility index (Phi) is 4.07. The van der Waals surface area contributed by atoms with Crippen molar-refractivity contribution >= 4 is 23.3 Å². The van der Waals surface area contributed by atoms with Crippen LogP contribution in [0.15, 0.2) is 12.1 Å². The second-order valence-corrected chi connectivity index (χ2v) is 5.20. The molecule has 0 saturated carbocycles. The standard InChI is InChI=1S/C13H18ClN3O/c1-2-3-9-6-13(18)17(7-9)8-11-10(14)4-5-12(15)16-11/h4-5,9H,2-3,6-8H2,1H3,(H2,15,16). The number of anilines is 1. The molecule has 0 aliphatic carbocycles. The molecule has 4 nitrogen and oxygen atoms in total. The van der Waals surface area contributed by atoms with Crippen LogP contribution in [0, 0.1) is 5.92 Å². The van der Waals surface area contributed by atoms with Crippen LogP contribution >= 0.6 is 11.6 Å². The summed E-state index contributed by atoms with van der Waals surface area (Å²) < 4.78 is 0. The molecule has 1 aliphatic heterocycles. The summed E-state index contributed by atoms with van der Waals surface area (Å²) >= 11 is 6.06. The number of carbonyl (C=O) groups is 1. The van der Waals surface area contributed by atoms with E-state index < -0.39 is 0 Å². The summed E-state index contributed by atoms with van der Waals surface area (Å²) in [7, 11) is 0. The van der Waals surface area contributed by atoms with Crippen LogP contribution < -0.4 is 5.73 Å². The van der Waals surface area contributed by atoms with Crippen LogP contribution in [0.5, 0.6) is 0 Å². The summed E-state index contributed by atoms with van der Waals surface area (Å²) in [4.78, 5) is 17.9. The van der Waals surface area contributed by atoms with Gasteiger partial charge < -0.3 is 10.6 Å². The summed E-state index contributed by atoms with van der Waals surface area (Å²) in [6.07, 6.45) is 2.86. The number of nitrogen functional groups attached to an aromatic ring is 1. The number of hydrogen-bond acceptors (Lipinski definition) is 3. The first-order valence-electron chi connectivity index (χ1n) is 6.28. The molecule has 0 radical (unpaired) electrons. The lowest BCUT2D eigenvalue weighted by Crippen LogP contribution is -2.25.